The van der Waals surface area contributed by atoms with Crippen molar-refractivity contribution in [2.24, 2.45) is 0 Å². The van der Waals surface area contributed by atoms with Crippen LogP contribution in [0.5, 0.6) is 5.75 Å². The molecule has 2 N–H and O–H groups in total. The van der Waals surface area contributed by atoms with Gasteiger partial charge in [-0.3, -0.25) is 9.78 Å². The summed E-state index contributed by atoms with van der Waals surface area (Å²) in [6.07, 6.45) is 3.17. The fourth-order valence-corrected chi connectivity index (χ4v) is 1.67. The number of aromatic nitrogens is 1. The molecule has 98 valence electrons. The zero-order valence-corrected chi connectivity index (χ0v) is 10.8. The van der Waals surface area contributed by atoms with Crippen molar-refractivity contribution < 1.29 is 9.53 Å². The van der Waals surface area contributed by atoms with Gasteiger partial charge >= 0.3 is 0 Å². The Morgan fingerprint density at radius 1 is 1.21 bits per heavy atom. The molecule has 1 amide bonds. The van der Waals surface area contributed by atoms with E-state index >= 15 is 0 Å². The number of methoxy groups -OCH3 is 1. The fraction of sp³-hybridized carbons (Fsp3) is 0.143. The lowest BCUT2D eigenvalue weighted by Gasteiger charge is -2.09. The number of carbonyl (C=O) groups is 1. The number of hydrogen-bond donors (Lipinski definition) is 2. The van der Waals surface area contributed by atoms with E-state index in [0.29, 0.717) is 11.3 Å². The number of pyridine rings is 1. The normalized spacial score (nSPS) is 9.79. The van der Waals surface area contributed by atoms with Crippen LogP contribution in [0.2, 0.25) is 0 Å². The molecule has 0 aliphatic heterocycles. The van der Waals surface area contributed by atoms with Crippen molar-refractivity contribution in [3.05, 3.63) is 48.3 Å². The zero-order valence-electron chi connectivity index (χ0n) is 10.8. The summed E-state index contributed by atoms with van der Waals surface area (Å²) in [4.78, 5) is 16.1. The Balaban J connectivity index is 2.16. The van der Waals surface area contributed by atoms with Crippen molar-refractivity contribution >= 4 is 17.3 Å². The van der Waals surface area contributed by atoms with Gasteiger partial charge in [0, 0.05) is 30.8 Å². The number of nitrogens with one attached hydrogen (secondary N) is 2. The molecule has 0 bridgehead atoms. The van der Waals surface area contributed by atoms with E-state index in [9.17, 15) is 4.79 Å². The molecule has 1 aromatic carbocycles. The highest BCUT2D eigenvalue weighted by atomic mass is 16.5. The maximum absolute atomic E-state index is 12.1. The van der Waals surface area contributed by atoms with Gasteiger partial charge in [-0.1, -0.05) is 0 Å². The number of carbonyl (C=O) groups excluding carboxylic acids is 1. The maximum Gasteiger partial charge on any atom is 0.259 e. The summed E-state index contributed by atoms with van der Waals surface area (Å²) in [5, 5.41) is 5.77. The second-order valence-corrected chi connectivity index (χ2v) is 3.85. The third-order valence-corrected chi connectivity index (χ3v) is 2.68. The van der Waals surface area contributed by atoms with Crippen LogP contribution in [-0.4, -0.2) is 25.0 Å². The van der Waals surface area contributed by atoms with E-state index in [4.69, 9.17) is 4.74 Å². The van der Waals surface area contributed by atoms with Gasteiger partial charge in [0.1, 0.15) is 5.75 Å². The van der Waals surface area contributed by atoms with Crippen molar-refractivity contribution in [3.8, 4) is 5.75 Å². The first-order chi connectivity index (χ1) is 9.24. The predicted molar refractivity (Wildman–Crippen MR) is 74.7 cm³/mol. The van der Waals surface area contributed by atoms with Crippen molar-refractivity contribution in [1.82, 2.24) is 4.98 Å². The zero-order chi connectivity index (χ0) is 13.7. The molecule has 1 aromatic heterocycles. The van der Waals surface area contributed by atoms with Crippen LogP contribution in [0.15, 0.2) is 42.7 Å². The van der Waals surface area contributed by atoms with E-state index in [1.165, 1.54) is 6.20 Å². The van der Waals surface area contributed by atoms with Crippen LogP contribution in [0, 0.1) is 0 Å². The summed E-state index contributed by atoms with van der Waals surface area (Å²) in [5.74, 6) is 0.540. The van der Waals surface area contributed by atoms with Crippen LogP contribution in [-0.2, 0) is 0 Å². The molecule has 0 atom stereocenters. The molecule has 5 nitrogen and oxygen atoms in total. The Bertz CT molecular complexity index is 567. The van der Waals surface area contributed by atoms with Gasteiger partial charge in [-0.25, -0.2) is 0 Å². The molecule has 0 aliphatic rings. The summed E-state index contributed by atoms with van der Waals surface area (Å²) in [5.41, 5.74) is 1.94. The van der Waals surface area contributed by atoms with E-state index in [2.05, 4.69) is 15.6 Å². The first kappa shape index (κ1) is 12.9. The minimum Gasteiger partial charge on any atom is -0.497 e. The summed E-state index contributed by atoms with van der Waals surface area (Å²) >= 11 is 0. The molecule has 5 heteroatoms. The predicted octanol–water partition coefficient (Wildman–Crippen LogP) is 2.38. The number of ether oxygens (including phenoxy) is 1. The van der Waals surface area contributed by atoms with E-state index in [1.807, 2.05) is 0 Å². The first-order valence-electron chi connectivity index (χ1n) is 5.81. The standard InChI is InChI=1S/C14H15N3O2/c1-15-13-7-8-16-9-12(13)14(18)17-10-3-5-11(19-2)6-4-10/h3-9H,1-2H3,(H,15,16)(H,17,18). The highest BCUT2D eigenvalue weighted by Crippen LogP contribution is 2.18. The van der Waals surface area contributed by atoms with Crippen LogP contribution >= 0.6 is 0 Å². The topological polar surface area (TPSA) is 63.2 Å². The van der Waals surface area contributed by atoms with Crippen LogP contribution in [0.3, 0.4) is 0 Å². The summed E-state index contributed by atoms with van der Waals surface area (Å²) in [6, 6.07) is 8.90. The van der Waals surface area contributed by atoms with Gasteiger partial charge in [0.05, 0.1) is 12.7 Å². The Labute approximate surface area is 111 Å². The monoisotopic (exact) mass is 257 g/mol. The Morgan fingerprint density at radius 3 is 2.58 bits per heavy atom. The number of amides is 1. The van der Waals surface area contributed by atoms with E-state index < -0.39 is 0 Å². The van der Waals surface area contributed by atoms with Gasteiger partial charge in [0.25, 0.3) is 5.91 Å². The summed E-state index contributed by atoms with van der Waals surface area (Å²) in [7, 11) is 3.36. The van der Waals surface area contributed by atoms with Crippen LogP contribution in [0.1, 0.15) is 10.4 Å². The Morgan fingerprint density at radius 2 is 1.95 bits per heavy atom. The molecule has 19 heavy (non-hydrogen) atoms. The average Bonchev–Trinajstić information content (AvgIpc) is 2.48. The molecular formula is C14H15N3O2. The van der Waals surface area contributed by atoms with E-state index in [-0.39, 0.29) is 5.91 Å². The Hall–Kier alpha value is -2.56. The van der Waals surface area contributed by atoms with E-state index in [0.717, 1.165) is 11.4 Å². The molecule has 0 aliphatic carbocycles. The maximum atomic E-state index is 12.1. The molecule has 0 unspecified atom stereocenters. The smallest absolute Gasteiger partial charge is 0.259 e. The second kappa shape index (κ2) is 5.86. The molecule has 2 aromatic rings. The van der Waals surface area contributed by atoms with Gasteiger partial charge < -0.3 is 15.4 Å². The molecular weight excluding hydrogens is 242 g/mol. The van der Waals surface area contributed by atoms with Crippen LogP contribution < -0.4 is 15.4 Å². The number of nitrogens with zero attached hydrogens (tertiary/aromatic N) is 1. The van der Waals surface area contributed by atoms with Gasteiger partial charge in [0.15, 0.2) is 0 Å². The molecule has 1 heterocycles. The first-order valence-corrected chi connectivity index (χ1v) is 5.81. The number of hydrogen-bond acceptors (Lipinski definition) is 4. The SMILES string of the molecule is CNc1ccncc1C(=O)Nc1ccc(OC)cc1. The Kier molecular flexibility index (Phi) is 3.97. The van der Waals surface area contributed by atoms with Crippen LogP contribution in [0.25, 0.3) is 0 Å². The third kappa shape index (κ3) is 3.01. The second-order valence-electron chi connectivity index (χ2n) is 3.85. The molecule has 0 radical (unpaired) electrons. The van der Waals surface area contributed by atoms with Crippen molar-refractivity contribution in [1.29, 1.82) is 0 Å². The summed E-state index contributed by atoms with van der Waals surface area (Å²) in [6.45, 7) is 0. The van der Waals surface area contributed by atoms with Gasteiger partial charge in [-0.2, -0.15) is 0 Å². The lowest BCUT2D eigenvalue weighted by molar-refractivity contribution is 0.102. The van der Waals surface area contributed by atoms with E-state index in [1.54, 1.807) is 50.7 Å². The molecule has 0 saturated carbocycles. The highest BCUT2D eigenvalue weighted by molar-refractivity contribution is 6.07. The van der Waals surface area contributed by atoms with Crippen molar-refractivity contribution in [2.45, 2.75) is 0 Å². The quantitative estimate of drug-likeness (QED) is 0.882. The highest BCUT2D eigenvalue weighted by Gasteiger charge is 2.10. The van der Waals surface area contributed by atoms with Crippen molar-refractivity contribution in [3.63, 3.8) is 0 Å². The van der Waals surface area contributed by atoms with Crippen LogP contribution in [0.4, 0.5) is 11.4 Å². The fourth-order valence-electron chi connectivity index (χ4n) is 1.67. The lowest BCUT2D eigenvalue weighted by atomic mass is 10.2. The number of anilines is 2. The molecule has 2 rings (SSSR count). The van der Waals surface area contributed by atoms with Gasteiger partial charge in [-0.05, 0) is 30.3 Å². The summed E-state index contributed by atoms with van der Waals surface area (Å²) < 4.78 is 5.06. The third-order valence-electron chi connectivity index (χ3n) is 2.68. The largest absolute Gasteiger partial charge is 0.497 e. The molecule has 0 spiro atoms. The average molecular weight is 257 g/mol. The number of benzene rings is 1. The molecule has 0 fully saturated rings. The molecule has 0 saturated heterocycles. The minimum atomic E-state index is -0.206. The lowest BCUT2D eigenvalue weighted by Crippen LogP contribution is -2.14. The van der Waals surface area contributed by atoms with Gasteiger partial charge in [0.2, 0.25) is 0 Å². The van der Waals surface area contributed by atoms with Gasteiger partial charge in [-0.15, -0.1) is 0 Å². The minimum absolute atomic E-state index is 0.206. The number of rotatable bonds is 4. The van der Waals surface area contributed by atoms with Crippen molar-refractivity contribution in [2.75, 3.05) is 24.8 Å².